The molecule has 0 aliphatic carbocycles. The van der Waals surface area contributed by atoms with Gasteiger partial charge in [0.05, 0.1) is 10.5 Å². The van der Waals surface area contributed by atoms with E-state index in [9.17, 15) is 24.1 Å². The van der Waals surface area contributed by atoms with Gasteiger partial charge in [-0.15, -0.1) is 0 Å². The predicted molar refractivity (Wildman–Crippen MR) is 105 cm³/mol. The predicted octanol–water partition coefficient (Wildman–Crippen LogP) is 4.01. The molecule has 1 aliphatic rings. The molecular formula is C21H21FN2O5. The summed E-state index contributed by atoms with van der Waals surface area (Å²) in [5.41, 5.74) is 0.510. The van der Waals surface area contributed by atoms with Gasteiger partial charge < -0.3 is 9.64 Å². The lowest BCUT2D eigenvalue weighted by molar-refractivity contribution is -0.384. The summed E-state index contributed by atoms with van der Waals surface area (Å²) in [4.78, 5) is 37.3. The van der Waals surface area contributed by atoms with Crippen molar-refractivity contribution in [2.24, 2.45) is 5.92 Å². The van der Waals surface area contributed by atoms with Crippen LogP contribution in [0.1, 0.15) is 40.5 Å². The number of hydrogen-bond acceptors (Lipinski definition) is 6. The monoisotopic (exact) mass is 400 g/mol. The molecule has 1 aliphatic heterocycles. The maximum absolute atomic E-state index is 12.9. The van der Waals surface area contributed by atoms with E-state index < -0.39 is 29.1 Å². The Morgan fingerprint density at radius 1 is 1.21 bits per heavy atom. The van der Waals surface area contributed by atoms with Crippen LogP contribution in [0.15, 0.2) is 42.5 Å². The molecule has 29 heavy (non-hydrogen) atoms. The van der Waals surface area contributed by atoms with Crippen LogP contribution < -0.4 is 4.90 Å². The van der Waals surface area contributed by atoms with Crippen LogP contribution in [0.25, 0.3) is 0 Å². The van der Waals surface area contributed by atoms with Crippen molar-refractivity contribution < 1.29 is 23.6 Å². The fraction of sp³-hybridized carbons (Fsp3) is 0.333. The molecule has 0 radical (unpaired) electrons. The summed E-state index contributed by atoms with van der Waals surface area (Å²) in [5.74, 6) is -1.37. The van der Waals surface area contributed by atoms with E-state index in [-0.39, 0.29) is 16.8 Å². The van der Waals surface area contributed by atoms with Gasteiger partial charge in [0.25, 0.3) is 5.69 Å². The molecule has 0 spiro atoms. The quantitative estimate of drug-likeness (QED) is 0.315. The Labute approximate surface area is 167 Å². The highest BCUT2D eigenvalue weighted by molar-refractivity contribution is 5.99. The molecule has 1 fully saturated rings. The normalized spacial score (nSPS) is 16.3. The van der Waals surface area contributed by atoms with E-state index in [4.69, 9.17) is 4.74 Å². The van der Waals surface area contributed by atoms with Crippen molar-refractivity contribution in [1.29, 1.82) is 0 Å². The summed E-state index contributed by atoms with van der Waals surface area (Å²) in [6.45, 7) is 3.00. The average Bonchev–Trinajstić information content (AvgIpc) is 2.71. The molecule has 1 heterocycles. The number of benzene rings is 2. The minimum Gasteiger partial charge on any atom is -0.454 e. The van der Waals surface area contributed by atoms with E-state index >= 15 is 0 Å². The summed E-state index contributed by atoms with van der Waals surface area (Å²) in [5, 5.41) is 11.5. The Kier molecular flexibility index (Phi) is 6.21. The molecular weight excluding hydrogens is 379 g/mol. The molecule has 3 rings (SSSR count). The van der Waals surface area contributed by atoms with E-state index in [0.29, 0.717) is 11.6 Å². The number of carbonyl (C=O) groups is 2. The van der Waals surface area contributed by atoms with Crippen LogP contribution in [0, 0.1) is 21.8 Å². The van der Waals surface area contributed by atoms with E-state index in [2.05, 4.69) is 6.92 Å². The number of piperidine rings is 1. The number of halogens is 1. The van der Waals surface area contributed by atoms with Crippen molar-refractivity contribution in [3.05, 3.63) is 69.5 Å². The summed E-state index contributed by atoms with van der Waals surface area (Å²) < 4.78 is 17.9. The van der Waals surface area contributed by atoms with E-state index in [1.54, 1.807) is 6.07 Å². The minimum atomic E-state index is -0.831. The molecule has 1 saturated heterocycles. The molecule has 0 aromatic heterocycles. The van der Waals surface area contributed by atoms with Gasteiger partial charge in [-0.25, -0.2) is 9.18 Å². The van der Waals surface area contributed by atoms with Gasteiger partial charge >= 0.3 is 5.97 Å². The van der Waals surface area contributed by atoms with Gasteiger partial charge in [-0.05, 0) is 55.2 Å². The zero-order valence-corrected chi connectivity index (χ0v) is 16.0. The zero-order valence-electron chi connectivity index (χ0n) is 16.0. The first-order valence-electron chi connectivity index (χ1n) is 9.34. The van der Waals surface area contributed by atoms with E-state index in [1.165, 1.54) is 24.3 Å². The van der Waals surface area contributed by atoms with Crippen LogP contribution in [0.4, 0.5) is 15.8 Å². The molecule has 8 heteroatoms. The second kappa shape index (κ2) is 8.81. The van der Waals surface area contributed by atoms with Crippen molar-refractivity contribution in [3.8, 4) is 0 Å². The van der Waals surface area contributed by atoms with E-state index in [0.717, 1.165) is 38.1 Å². The summed E-state index contributed by atoms with van der Waals surface area (Å²) >= 11 is 0. The number of carbonyl (C=O) groups excluding carboxylic acids is 2. The number of Topliss-reactive ketones (excluding diaryl/α,β-unsaturated/α-hetero) is 1. The molecule has 152 valence electrons. The summed E-state index contributed by atoms with van der Waals surface area (Å²) in [6.07, 6.45) is 2.03. The molecule has 0 N–H and O–H groups in total. The number of nitro benzene ring substituents is 1. The zero-order chi connectivity index (χ0) is 21.0. The van der Waals surface area contributed by atoms with Crippen LogP contribution >= 0.6 is 0 Å². The molecule has 2 aromatic carbocycles. The number of nitro groups is 1. The topological polar surface area (TPSA) is 89.8 Å². The molecule has 1 atom stereocenters. The number of anilines is 1. The lowest BCUT2D eigenvalue weighted by atomic mass is 9.99. The number of hydrogen-bond donors (Lipinski definition) is 0. The lowest BCUT2D eigenvalue weighted by Crippen LogP contribution is -2.34. The van der Waals surface area contributed by atoms with Crippen LogP contribution in [0.3, 0.4) is 0 Å². The lowest BCUT2D eigenvalue weighted by Gasteiger charge is -2.32. The SMILES string of the molecule is CC1CCCN(c2ccc(C(=O)OCC(=O)c3ccc(F)cc3)cc2[N+](=O)[O-])C1. The molecule has 2 aromatic rings. The van der Waals surface area contributed by atoms with Gasteiger partial charge in [0, 0.05) is 24.7 Å². The molecule has 0 bridgehead atoms. The van der Waals surface area contributed by atoms with Crippen molar-refractivity contribution >= 4 is 23.1 Å². The number of nitrogens with zero attached hydrogens (tertiary/aromatic N) is 2. The Hall–Kier alpha value is -3.29. The fourth-order valence-electron chi connectivity index (χ4n) is 3.41. The van der Waals surface area contributed by atoms with Crippen LogP contribution in [-0.4, -0.2) is 36.4 Å². The number of esters is 1. The number of rotatable bonds is 6. The maximum atomic E-state index is 12.9. The fourth-order valence-corrected chi connectivity index (χ4v) is 3.41. The maximum Gasteiger partial charge on any atom is 0.338 e. The van der Waals surface area contributed by atoms with Gasteiger partial charge in [0.1, 0.15) is 11.5 Å². The first-order valence-corrected chi connectivity index (χ1v) is 9.34. The Bertz CT molecular complexity index is 929. The Balaban J connectivity index is 1.72. The third-order valence-electron chi connectivity index (χ3n) is 4.91. The Morgan fingerprint density at radius 3 is 2.55 bits per heavy atom. The van der Waals surface area contributed by atoms with Gasteiger partial charge in [0.2, 0.25) is 0 Å². The molecule has 7 nitrogen and oxygen atoms in total. The minimum absolute atomic E-state index is 0.00239. The van der Waals surface area contributed by atoms with Gasteiger partial charge in [0.15, 0.2) is 12.4 Å². The van der Waals surface area contributed by atoms with Gasteiger partial charge in [-0.2, -0.15) is 0 Å². The molecule has 1 unspecified atom stereocenters. The molecule has 0 saturated carbocycles. The van der Waals surface area contributed by atoms with Crippen molar-refractivity contribution in [2.45, 2.75) is 19.8 Å². The van der Waals surface area contributed by atoms with E-state index in [1.807, 2.05) is 4.90 Å². The first kappa shape index (κ1) is 20.4. The van der Waals surface area contributed by atoms with Crippen molar-refractivity contribution in [2.75, 3.05) is 24.6 Å². The highest BCUT2D eigenvalue weighted by Gasteiger charge is 2.25. The van der Waals surface area contributed by atoms with Crippen molar-refractivity contribution in [3.63, 3.8) is 0 Å². The smallest absolute Gasteiger partial charge is 0.338 e. The van der Waals surface area contributed by atoms with Crippen LogP contribution in [-0.2, 0) is 4.74 Å². The van der Waals surface area contributed by atoms with Crippen molar-refractivity contribution in [1.82, 2.24) is 0 Å². The average molecular weight is 400 g/mol. The number of ketones is 1. The highest BCUT2D eigenvalue weighted by atomic mass is 19.1. The third kappa shape index (κ3) is 4.96. The van der Waals surface area contributed by atoms with Crippen LogP contribution in [0.2, 0.25) is 0 Å². The largest absolute Gasteiger partial charge is 0.454 e. The Morgan fingerprint density at radius 2 is 1.90 bits per heavy atom. The standard InChI is InChI=1S/C21H21FN2O5/c1-14-3-2-10-23(12-14)18-9-6-16(11-19(18)24(27)28)21(26)29-13-20(25)15-4-7-17(22)8-5-15/h4-9,11,14H,2-3,10,12-13H2,1H3. The highest BCUT2D eigenvalue weighted by Crippen LogP contribution is 2.32. The second-order valence-corrected chi connectivity index (χ2v) is 7.16. The molecule has 0 amide bonds. The summed E-state index contributed by atoms with van der Waals surface area (Å²) in [7, 11) is 0. The van der Waals surface area contributed by atoms with Crippen LogP contribution in [0.5, 0.6) is 0 Å². The van der Waals surface area contributed by atoms with Gasteiger partial charge in [-0.1, -0.05) is 6.92 Å². The third-order valence-corrected chi connectivity index (χ3v) is 4.91. The van der Waals surface area contributed by atoms with Gasteiger partial charge in [-0.3, -0.25) is 14.9 Å². The summed E-state index contributed by atoms with van der Waals surface area (Å²) in [6, 6.07) is 9.06. The first-order chi connectivity index (χ1) is 13.8. The second-order valence-electron chi connectivity index (χ2n) is 7.16. The number of ether oxygens (including phenoxy) is 1.